The molecule has 0 radical (unpaired) electrons. The van der Waals surface area contributed by atoms with Crippen molar-refractivity contribution in [3.05, 3.63) is 59.9 Å². The molecule has 0 spiro atoms. The number of ether oxygens (including phenoxy) is 1. The summed E-state index contributed by atoms with van der Waals surface area (Å²) in [5.41, 5.74) is 8.20. The maximum Gasteiger partial charge on any atom is 0.189 e. The van der Waals surface area contributed by atoms with E-state index in [-0.39, 0.29) is 0 Å². The second kappa shape index (κ2) is 8.61. The standard InChI is InChI=1S/C22H25N5OS/c1-3-17-4-6-18(7-5-17)26-11-13-27(14-12-26)22(29)25-24-19-9-15-28-21-16(2)8-10-23-20(19)21/h3-8,10H,1,9,11-15H2,2H3,(H,25,29)/b24-19-. The van der Waals surface area contributed by atoms with Crippen LogP contribution in [0.5, 0.6) is 5.75 Å². The molecule has 7 heteroatoms. The van der Waals surface area contributed by atoms with Crippen LogP contribution in [-0.2, 0) is 0 Å². The number of anilines is 1. The summed E-state index contributed by atoms with van der Waals surface area (Å²) < 4.78 is 5.75. The molecule has 0 saturated carbocycles. The van der Waals surface area contributed by atoms with Crippen LogP contribution in [0, 0.1) is 6.92 Å². The van der Waals surface area contributed by atoms with Gasteiger partial charge in [0.15, 0.2) is 5.11 Å². The Labute approximate surface area is 176 Å². The minimum atomic E-state index is 0.607. The highest BCUT2D eigenvalue weighted by Gasteiger charge is 2.22. The molecule has 0 amide bonds. The number of nitrogens with one attached hydrogen (secondary N) is 1. The van der Waals surface area contributed by atoms with Crippen LogP contribution in [0.15, 0.2) is 48.2 Å². The number of thiocarbonyl (C=S) groups is 1. The number of benzene rings is 1. The fraction of sp³-hybridized carbons (Fsp3) is 0.318. The van der Waals surface area contributed by atoms with Crippen LogP contribution in [0.1, 0.15) is 23.2 Å². The third-order valence-electron chi connectivity index (χ3n) is 5.31. The van der Waals surface area contributed by atoms with Crippen molar-refractivity contribution in [2.24, 2.45) is 5.10 Å². The van der Waals surface area contributed by atoms with Gasteiger partial charge in [0.05, 0.1) is 12.3 Å². The molecule has 1 aromatic heterocycles. The van der Waals surface area contributed by atoms with E-state index in [1.165, 1.54) is 5.69 Å². The van der Waals surface area contributed by atoms with E-state index in [0.29, 0.717) is 18.1 Å². The first kappa shape index (κ1) is 19.4. The fourth-order valence-corrected chi connectivity index (χ4v) is 3.81. The number of nitrogens with zero attached hydrogens (tertiary/aromatic N) is 4. The molecule has 2 aromatic rings. The maximum atomic E-state index is 5.75. The lowest BCUT2D eigenvalue weighted by molar-refractivity contribution is 0.315. The van der Waals surface area contributed by atoms with Gasteiger partial charge in [0, 0.05) is 44.5 Å². The zero-order chi connectivity index (χ0) is 20.2. The molecule has 3 heterocycles. The number of piperazine rings is 1. The van der Waals surface area contributed by atoms with Crippen molar-refractivity contribution in [3.63, 3.8) is 0 Å². The Balaban J connectivity index is 1.35. The smallest absolute Gasteiger partial charge is 0.189 e. The summed E-state index contributed by atoms with van der Waals surface area (Å²) in [6.07, 6.45) is 4.37. The third kappa shape index (κ3) is 4.24. The summed E-state index contributed by atoms with van der Waals surface area (Å²) >= 11 is 5.58. The number of aryl methyl sites for hydroxylation is 1. The van der Waals surface area contributed by atoms with E-state index < -0.39 is 0 Å². The lowest BCUT2D eigenvalue weighted by atomic mass is 10.1. The predicted octanol–water partition coefficient (Wildman–Crippen LogP) is 3.22. The van der Waals surface area contributed by atoms with Crippen molar-refractivity contribution in [2.75, 3.05) is 37.7 Å². The van der Waals surface area contributed by atoms with Gasteiger partial charge in [-0.25, -0.2) is 0 Å². The van der Waals surface area contributed by atoms with Crippen molar-refractivity contribution in [2.45, 2.75) is 13.3 Å². The molecule has 0 aliphatic carbocycles. The van der Waals surface area contributed by atoms with Crippen LogP contribution in [0.25, 0.3) is 6.08 Å². The van der Waals surface area contributed by atoms with Crippen LogP contribution in [0.4, 0.5) is 5.69 Å². The first-order valence-corrected chi connectivity index (χ1v) is 10.2. The average Bonchev–Trinajstić information content (AvgIpc) is 2.78. The van der Waals surface area contributed by atoms with Gasteiger partial charge in [-0.2, -0.15) is 5.10 Å². The normalized spacial score (nSPS) is 17.5. The van der Waals surface area contributed by atoms with E-state index in [4.69, 9.17) is 17.0 Å². The van der Waals surface area contributed by atoms with E-state index in [9.17, 15) is 0 Å². The first-order chi connectivity index (χ1) is 14.2. The molecule has 150 valence electrons. The number of hydrogen-bond acceptors (Lipinski definition) is 5. The van der Waals surface area contributed by atoms with Gasteiger partial charge in [-0.3, -0.25) is 10.4 Å². The fourth-order valence-electron chi connectivity index (χ4n) is 3.58. The zero-order valence-electron chi connectivity index (χ0n) is 16.6. The Morgan fingerprint density at radius 2 is 1.97 bits per heavy atom. The Morgan fingerprint density at radius 3 is 2.69 bits per heavy atom. The van der Waals surface area contributed by atoms with Gasteiger partial charge in [-0.05, 0) is 48.5 Å². The molecule has 2 aliphatic rings. The first-order valence-electron chi connectivity index (χ1n) is 9.83. The topological polar surface area (TPSA) is 53.0 Å². The molecule has 0 atom stereocenters. The largest absolute Gasteiger partial charge is 0.491 e. The van der Waals surface area contributed by atoms with Crippen LogP contribution >= 0.6 is 12.2 Å². The lowest BCUT2D eigenvalue weighted by Gasteiger charge is -2.37. The monoisotopic (exact) mass is 407 g/mol. The van der Waals surface area contributed by atoms with Crippen LogP contribution in [0.2, 0.25) is 0 Å². The van der Waals surface area contributed by atoms with Crippen LogP contribution < -0.4 is 15.1 Å². The van der Waals surface area contributed by atoms with Crippen molar-refractivity contribution < 1.29 is 4.74 Å². The molecule has 4 rings (SSSR count). The lowest BCUT2D eigenvalue weighted by Crippen LogP contribution is -2.51. The third-order valence-corrected chi connectivity index (χ3v) is 5.66. The molecule has 1 N–H and O–H groups in total. The van der Waals surface area contributed by atoms with Gasteiger partial charge in [-0.15, -0.1) is 0 Å². The Kier molecular flexibility index (Phi) is 5.76. The summed E-state index contributed by atoms with van der Waals surface area (Å²) in [5.74, 6) is 0.821. The summed E-state index contributed by atoms with van der Waals surface area (Å²) in [7, 11) is 0. The van der Waals surface area contributed by atoms with Gasteiger partial charge in [0.25, 0.3) is 0 Å². The molecular formula is C22H25N5OS. The SMILES string of the molecule is C=Cc1ccc(N2CCN(C(=S)N/N=C3/CCOc4c(C)ccnc43)CC2)cc1. The average molecular weight is 408 g/mol. The Morgan fingerprint density at radius 1 is 1.21 bits per heavy atom. The molecule has 0 bridgehead atoms. The van der Waals surface area contributed by atoms with Gasteiger partial charge < -0.3 is 14.5 Å². The van der Waals surface area contributed by atoms with E-state index in [1.54, 1.807) is 6.20 Å². The number of aromatic nitrogens is 1. The van der Waals surface area contributed by atoms with Gasteiger partial charge in [0.1, 0.15) is 11.4 Å². The summed E-state index contributed by atoms with van der Waals surface area (Å²) in [6, 6.07) is 10.4. The molecule has 29 heavy (non-hydrogen) atoms. The quantitative estimate of drug-likeness (QED) is 0.623. The number of pyridine rings is 1. The summed E-state index contributed by atoms with van der Waals surface area (Å²) in [4.78, 5) is 8.98. The highest BCUT2D eigenvalue weighted by atomic mass is 32.1. The molecule has 2 aliphatic heterocycles. The van der Waals surface area contributed by atoms with E-state index in [1.807, 2.05) is 19.1 Å². The molecule has 1 aromatic carbocycles. The van der Waals surface area contributed by atoms with Crippen molar-refractivity contribution >= 4 is 34.8 Å². The highest BCUT2D eigenvalue weighted by Crippen LogP contribution is 2.26. The second-order valence-electron chi connectivity index (χ2n) is 7.15. The minimum Gasteiger partial charge on any atom is -0.491 e. The molecule has 1 fully saturated rings. The van der Waals surface area contributed by atoms with E-state index in [0.717, 1.165) is 54.5 Å². The Bertz CT molecular complexity index is 933. The predicted molar refractivity (Wildman–Crippen MR) is 122 cm³/mol. The number of rotatable bonds is 3. The zero-order valence-corrected chi connectivity index (χ0v) is 17.4. The van der Waals surface area contributed by atoms with Crippen LogP contribution in [-0.4, -0.2) is 53.5 Å². The van der Waals surface area contributed by atoms with Crippen LogP contribution in [0.3, 0.4) is 0 Å². The van der Waals surface area contributed by atoms with Crippen molar-refractivity contribution in [1.29, 1.82) is 0 Å². The minimum absolute atomic E-state index is 0.607. The highest BCUT2D eigenvalue weighted by molar-refractivity contribution is 7.80. The summed E-state index contributed by atoms with van der Waals surface area (Å²) in [6.45, 7) is 9.99. The number of hydrogen-bond donors (Lipinski definition) is 1. The van der Waals surface area contributed by atoms with E-state index in [2.05, 4.69) is 56.2 Å². The second-order valence-corrected chi connectivity index (χ2v) is 7.54. The number of fused-ring (bicyclic) bond motifs is 1. The maximum absolute atomic E-state index is 5.75. The Hall–Kier alpha value is -2.93. The summed E-state index contributed by atoms with van der Waals surface area (Å²) in [5, 5.41) is 5.21. The van der Waals surface area contributed by atoms with Gasteiger partial charge >= 0.3 is 0 Å². The number of hydrazone groups is 1. The molecule has 6 nitrogen and oxygen atoms in total. The molecular weight excluding hydrogens is 382 g/mol. The molecule has 1 saturated heterocycles. The van der Waals surface area contributed by atoms with Gasteiger partial charge in [0.2, 0.25) is 0 Å². The van der Waals surface area contributed by atoms with Crippen molar-refractivity contribution in [3.8, 4) is 5.75 Å². The van der Waals surface area contributed by atoms with E-state index >= 15 is 0 Å². The van der Waals surface area contributed by atoms with Crippen molar-refractivity contribution in [1.82, 2.24) is 15.3 Å². The van der Waals surface area contributed by atoms with Gasteiger partial charge in [-0.1, -0.05) is 24.8 Å². The molecule has 0 unspecified atom stereocenters.